The fourth-order valence-corrected chi connectivity index (χ4v) is 2.25. The van der Waals surface area contributed by atoms with Gasteiger partial charge in [-0.1, -0.05) is 30.9 Å². The van der Waals surface area contributed by atoms with Crippen molar-refractivity contribution in [2.24, 2.45) is 0 Å². The van der Waals surface area contributed by atoms with Crippen LogP contribution in [0.2, 0.25) is 0 Å². The van der Waals surface area contributed by atoms with Crippen molar-refractivity contribution in [3.8, 4) is 5.69 Å². The van der Waals surface area contributed by atoms with E-state index in [-0.39, 0.29) is 0 Å². The van der Waals surface area contributed by atoms with Crippen molar-refractivity contribution in [3.63, 3.8) is 0 Å². The van der Waals surface area contributed by atoms with Gasteiger partial charge in [-0.05, 0) is 30.7 Å². The minimum absolute atomic E-state index is 0.409. The normalized spacial score (nSPS) is 11.9. The number of nitrogens with zero attached hydrogens (tertiary/aromatic N) is 1. The summed E-state index contributed by atoms with van der Waals surface area (Å²) in [5.41, 5.74) is 2.66. The van der Waals surface area contributed by atoms with Crippen LogP contribution in [-0.4, -0.2) is 24.3 Å². The molecule has 0 aliphatic heterocycles. The van der Waals surface area contributed by atoms with E-state index in [9.17, 15) is 4.79 Å². The molecule has 1 heterocycles. The first kappa shape index (κ1) is 15.1. The van der Waals surface area contributed by atoms with Crippen LogP contribution in [0.5, 0.6) is 0 Å². The molecule has 0 aliphatic rings. The van der Waals surface area contributed by atoms with Crippen molar-refractivity contribution in [2.75, 3.05) is 13.7 Å². The number of hydrogen-bond donors (Lipinski definition) is 0. The lowest BCUT2D eigenvalue weighted by Crippen LogP contribution is -2.20. The summed E-state index contributed by atoms with van der Waals surface area (Å²) in [6.45, 7) is 6.10. The zero-order valence-corrected chi connectivity index (χ0v) is 12.3. The molecule has 2 rings (SSSR count). The molecule has 1 aromatic heterocycles. The molecule has 0 saturated heterocycles. The zero-order chi connectivity index (χ0) is 15.2. The molecule has 110 valence electrons. The maximum absolute atomic E-state index is 12.0. The Labute approximate surface area is 124 Å². The minimum Gasteiger partial charge on any atom is -0.467 e. The summed E-state index contributed by atoms with van der Waals surface area (Å²) in [5, 5.41) is 0. The molecule has 0 bridgehead atoms. The highest BCUT2D eigenvalue weighted by Gasteiger charge is 2.25. The number of carbonyl (C=O) groups excluding carboxylic acids is 1. The standard InChI is InChI=1S/C17H19NO3/c1-4-13-9-6-7-10-14(13)18-12-8-11-15(18)16(21-5-2)17(19)20-3/h4,6-12,16H,1,5H2,2-3H3. The number of methoxy groups -OCH3 is 1. The zero-order valence-electron chi connectivity index (χ0n) is 12.3. The quantitative estimate of drug-likeness (QED) is 0.764. The molecule has 0 amide bonds. The molecule has 0 saturated carbocycles. The first-order valence-corrected chi connectivity index (χ1v) is 6.81. The Morgan fingerprint density at radius 3 is 2.76 bits per heavy atom. The van der Waals surface area contributed by atoms with Crippen LogP contribution >= 0.6 is 0 Å². The molecule has 1 atom stereocenters. The van der Waals surface area contributed by atoms with Gasteiger partial charge in [0, 0.05) is 12.8 Å². The highest BCUT2D eigenvalue weighted by Crippen LogP contribution is 2.25. The van der Waals surface area contributed by atoms with Crippen molar-refractivity contribution in [3.05, 3.63) is 60.4 Å². The van der Waals surface area contributed by atoms with Gasteiger partial charge < -0.3 is 14.0 Å². The number of rotatable bonds is 6. The molecule has 0 radical (unpaired) electrons. The molecule has 0 aliphatic carbocycles. The van der Waals surface area contributed by atoms with E-state index < -0.39 is 12.1 Å². The summed E-state index contributed by atoms with van der Waals surface area (Å²) in [4.78, 5) is 12.0. The average molecular weight is 285 g/mol. The summed E-state index contributed by atoms with van der Waals surface area (Å²) in [7, 11) is 1.36. The number of carbonyl (C=O) groups is 1. The smallest absolute Gasteiger partial charge is 0.341 e. The first-order chi connectivity index (χ1) is 10.2. The third-order valence-corrected chi connectivity index (χ3v) is 3.21. The molecular weight excluding hydrogens is 266 g/mol. The largest absolute Gasteiger partial charge is 0.467 e. The first-order valence-electron chi connectivity index (χ1n) is 6.81. The molecule has 0 fully saturated rings. The maximum atomic E-state index is 12.0. The lowest BCUT2D eigenvalue weighted by Gasteiger charge is -2.18. The van der Waals surface area contributed by atoms with Crippen LogP contribution in [0.1, 0.15) is 24.3 Å². The van der Waals surface area contributed by atoms with Crippen LogP contribution in [0.25, 0.3) is 11.8 Å². The number of para-hydroxylation sites is 1. The lowest BCUT2D eigenvalue weighted by molar-refractivity contribution is -0.154. The minimum atomic E-state index is -0.743. The average Bonchev–Trinajstić information content (AvgIpc) is 3.00. The summed E-state index contributed by atoms with van der Waals surface area (Å²) in [6, 6.07) is 11.6. The van der Waals surface area contributed by atoms with E-state index in [1.807, 2.05) is 54.1 Å². The molecule has 4 nitrogen and oxygen atoms in total. The van der Waals surface area contributed by atoms with Crippen molar-refractivity contribution in [2.45, 2.75) is 13.0 Å². The Hall–Kier alpha value is -2.33. The molecule has 2 aromatic rings. The van der Waals surface area contributed by atoms with E-state index in [2.05, 4.69) is 6.58 Å². The predicted octanol–water partition coefficient (Wildman–Crippen LogP) is 3.37. The van der Waals surface area contributed by atoms with Crippen molar-refractivity contribution < 1.29 is 14.3 Å². The van der Waals surface area contributed by atoms with E-state index in [4.69, 9.17) is 9.47 Å². The van der Waals surface area contributed by atoms with Crippen LogP contribution < -0.4 is 0 Å². The van der Waals surface area contributed by atoms with Crippen molar-refractivity contribution in [1.82, 2.24) is 4.57 Å². The van der Waals surface area contributed by atoms with Crippen LogP contribution in [-0.2, 0) is 14.3 Å². The molecule has 0 spiro atoms. The summed E-state index contributed by atoms with van der Waals surface area (Å²) in [6.07, 6.45) is 2.94. The van der Waals surface area contributed by atoms with Gasteiger partial charge >= 0.3 is 5.97 Å². The number of hydrogen-bond acceptors (Lipinski definition) is 3. The van der Waals surface area contributed by atoms with Gasteiger partial charge in [-0.15, -0.1) is 0 Å². The molecule has 21 heavy (non-hydrogen) atoms. The Balaban J connectivity index is 2.50. The van der Waals surface area contributed by atoms with Crippen LogP contribution in [0.4, 0.5) is 0 Å². The molecule has 0 N–H and O–H groups in total. The van der Waals surface area contributed by atoms with Crippen LogP contribution in [0.3, 0.4) is 0 Å². The Kier molecular flexibility index (Phi) is 4.95. The number of benzene rings is 1. The predicted molar refractivity (Wildman–Crippen MR) is 82.2 cm³/mol. The van der Waals surface area contributed by atoms with Gasteiger partial charge in [0.05, 0.1) is 18.5 Å². The third-order valence-electron chi connectivity index (χ3n) is 3.21. The van der Waals surface area contributed by atoms with Gasteiger partial charge in [0.25, 0.3) is 0 Å². The third kappa shape index (κ3) is 3.06. The van der Waals surface area contributed by atoms with Gasteiger partial charge in [0.1, 0.15) is 0 Å². The van der Waals surface area contributed by atoms with Gasteiger partial charge in [-0.3, -0.25) is 0 Å². The second-order valence-electron chi connectivity index (χ2n) is 4.42. The van der Waals surface area contributed by atoms with E-state index >= 15 is 0 Å². The second-order valence-corrected chi connectivity index (χ2v) is 4.42. The second kappa shape index (κ2) is 6.90. The molecular formula is C17H19NO3. The van der Waals surface area contributed by atoms with Crippen LogP contribution in [0.15, 0.2) is 49.2 Å². The molecule has 1 aromatic carbocycles. The van der Waals surface area contributed by atoms with E-state index in [1.54, 1.807) is 6.08 Å². The summed E-state index contributed by atoms with van der Waals surface area (Å²) >= 11 is 0. The van der Waals surface area contributed by atoms with Gasteiger partial charge in [0.2, 0.25) is 0 Å². The van der Waals surface area contributed by atoms with E-state index in [0.717, 1.165) is 16.9 Å². The van der Waals surface area contributed by atoms with Gasteiger partial charge in [-0.2, -0.15) is 0 Å². The van der Waals surface area contributed by atoms with Crippen LogP contribution in [0, 0.1) is 0 Å². The fraction of sp³-hybridized carbons (Fsp3) is 0.235. The highest BCUT2D eigenvalue weighted by atomic mass is 16.6. The summed E-state index contributed by atoms with van der Waals surface area (Å²) < 4.78 is 12.3. The van der Waals surface area contributed by atoms with Crippen molar-refractivity contribution >= 4 is 12.0 Å². The molecule has 4 heteroatoms. The molecule has 1 unspecified atom stereocenters. The topological polar surface area (TPSA) is 40.5 Å². The van der Waals surface area contributed by atoms with Gasteiger partial charge in [-0.25, -0.2) is 4.79 Å². The SMILES string of the molecule is C=Cc1ccccc1-n1cccc1C(OCC)C(=O)OC. The summed E-state index contributed by atoms with van der Waals surface area (Å²) in [5.74, 6) is -0.409. The number of esters is 1. The fourth-order valence-electron chi connectivity index (χ4n) is 2.25. The van der Waals surface area contributed by atoms with Crippen molar-refractivity contribution in [1.29, 1.82) is 0 Å². The Morgan fingerprint density at radius 1 is 1.33 bits per heavy atom. The number of aromatic nitrogens is 1. The van der Waals surface area contributed by atoms with Gasteiger partial charge in [0.15, 0.2) is 6.10 Å². The Bertz CT molecular complexity index is 630. The maximum Gasteiger partial charge on any atom is 0.341 e. The van der Waals surface area contributed by atoms with E-state index in [0.29, 0.717) is 6.61 Å². The monoisotopic (exact) mass is 285 g/mol. The Morgan fingerprint density at radius 2 is 2.10 bits per heavy atom. The van der Waals surface area contributed by atoms with E-state index in [1.165, 1.54) is 7.11 Å². The lowest BCUT2D eigenvalue weighted by atomic mass is 10.1. The highest BCUT2D eigenvalue weighted by molar-refractivity contribution is 5.76. The number of ether oxygens (including phenoxy) is 2.